The smallest absolute Gasteiger partial charge is 0.0950 e. The molecule has 0 aliphatic rings. The summed E-state index contributed by atoms with van der Waals surface area (Å²) >= 11 is 0. The average molecular weight is 197 g/mol. The summed E-state index contributed by atoms with van der Waals surface area (Å²) in [6, 6.07) is 0.499. The van der Waals surface area contributed by atoms with Gasteiger partial charge in [0.05, 0.1) is 18.6 Å². The van der Waals surface area contributed by atoms with E-state index >= 15 is 0 Å². The molecule has 1 heterocycles. The lowest BCUT2D eigenvalue weighted by molar-refractivity contribution is 0.187. The Morgan fingerprint density at radius 2 is 2.36 bits per heavy atom. The molecule has 1 rings (SSSR count). The SMILES string of the molecule is COCCn1cnc(CNC(C)C)c1. The maximum atomic E-state index is 4.99. The van der Waals surface area contributed by atoms with Gasteiger partial charge in [0.2, 0.25) is 0 Å². The highest BCUT2D eigenvalue weighted by Crippen LogP contribution is 1.96. The van der Waals surface area contributed by atoms with Gasteiger partial charge in [-0.1, -0.05) is 13.8 Å². The molecule has 14 heavy (non-hydrogen) atoms. The topological polar surface area (TPSA) is 39.1 Å². The molecule has 0 aliphatic carbocycles. The van der Waals surface area contributed by atoms with Crippen molar-refractivity contribution in [3.8, 4) is 0 Å². The lowest BCUT2D eigenvalue weighted by atomic mass is 10.3. The Kier molecular flexibility index (Phi) is 4.62. The predicted octanol–water partition coefficient (Wildman–Crippen LogP) is 1.03. The molecular formula is C10H19N3O. The zero-order valence-corrected chi connectivity index (χ0v) is 9.16. The standard InChI is InChI=1S/C10H19N3O/c1-9(2)11-6-10-7-13(8-12-10)4-5-14-3/h7-9,11H,4-6H2,1-3H3. The molecule has 0 bridgehead atoms. The third-order valence-corrected chi connectivity index (χ3v) is 1.93. The van der Waals surface area contributed by atoms with E-state index in [9.17, 15) is 0 Å². The van der Waals surface area contributed by atoms with Gasteiger partial charge in [-0.15, -0.1) is 0 Å². The van der Waals surface area contributed by atoms with Crippen molar-refractivity contribution in [1.29, 1.82) is 0 Å². The van der Waals surface area contributed by atoms with Crippen LogP contribution in [0.2, 0.25) is 0 Å². The second kappa shape index (κ2) is 5.78. The third-order valence-electron chi connectivity index (χ3n) is 1.93. The van der Waals surface area contributed by atoms with Gasteiger partial charge in [0.15, 0.2) is 0 Å². The Labute approximate surface area is 85.3 Å². The van der Waals surface area contributed by atoms with E-state index in [1.54, 1.807) is 7.11 Å². The fraction of sp³-hybridized carbons (Fsp3) is 0.700. The summed E-state index contributed by atoms with van der Waals surface area (Å²) in [5, 5.41) is 3.32. The van der Waals surface area contributed by atoms with Crippen LogP contribution in [0.5, 0.6) is 0 Å². The largest absolute Gasteiger partial charge is 0.383 e. The Balaban J connectivity index is 2.35. The van der Waals surface area contributed by atoms with Crippen LogP contribution >= 0.6 is 0 Å². The van der Waals surface area contributed by atoms with Gasteiger partial charge in [0.1, 0.15) is 0 Å². The van der Waals surface area contributed by atoms with Crippen molar-refractivity contribution in [3.63, 3.8) is 0 Å². The third kappa shape index (κ3) is 3.89. The Morgan fingerprint density at radius 1 is 1.57 bits per heavy atom. The number of nitrogens with zero attached hydrogens (tertiary/aromatic N) is 2. The summed E-state index contributed by atoms with van der Waals surface area (Å²) < 4.78 is 7.03. The van der Waals surface area contributed by atoms with Crippen LogP contribution < -0.4 is 5.32 Å². The van der Waals surface area contributed by atoms with E-state index in [4.69, 9.17) is 4.74 Å². The van der Waals surface area contributed by atoms with Gasteiger partial charge >= 0.3 is 0 Å². The van der Waals surface area contributed by atoms with Crippen molar-refractivity contribution in [3.05, 3.63) is 18.2 Å². The van der Waals surface area contributed by atoms with E-state index in [1.165, 1.54) is 0 Å². The van der Waals surface area contributed by atoms with Crippen LogP contribution in [0.15, 0.2) is 12.5 Å². The normalized spacial score (nSPS) is 11.1. The highest BCUT2D eigenvalue weighted by molar-refractivity contribution is 4.96. The molecule has 0 aliphatic heterocycles. The first-order chi connectivity index (χ1) is 6.72. The Morgan fingerprint density at radius 3 is 3.00 bits per heavy atom. The molecule has 1 aromatic rings. The fourth-order valence-electron chi connectivity index (χ4n) is 1.13. The first-order valence-corrected chi connectivity index (χ1v) is 4.95. The van der Waals surface area contributed by atoms with Crippen molar-refractivity contribution in [2.45, 2.75) is 33.0 Å². The predicted molar refractivity (Wildman–Crippen MR) is 56.1 cm³/mol. The van der Waals surface area contributed by atoms with Gasteiger partial charge in [0.25, 0.3) is 0 Å². The van der Waals surface area contributed by atoms with E-state index in [1.807, 2.05) is 10.9 Å². The summed E-state index contributed by atoms with van der Waals surface area (Å²) in [5.74, 6) is 0. The molecule has 1 N–H and O–H groups in total. The van der Waals surface area contributed by atoms with E-state index in [-0.39, 0.29) is 0 Å². The van der Waals surface area contributed by atoms with Crippen LogP contribution in [0, 0.1) is 0 Å². The molecule has 0 amide bonds. The molecule has 0 saturated carbocycles. The lowest BCUT2D eigenvalue weighted by Crippen LogP contribution is -2.21. The Hall–Kier alpha value is -0.870. The number of rotatable bonds is 6. The number of hydrogen-bond acceptors (Lipinski definition) is 3. The van der Waals surface area contributed by atoms with Gasteiger partial charge in [-0.3, -0.25) is 0 Å². The Bertz CT molecular complexity index is 258. The second-order valence-electron chi connectivity index (χ2n) is 3.63. The molecule has 4 heteroatoms. The highest BCUT2D eigenvalue weighted by atomic mass is 16.5. The zero-order chi connectivity index (χ0) is 10.4. The van der Waals surface area contributed by atoms with Gasteiger partial charge < -0.3 is 14.6 Å². The van der Waals surface area contributed by atoms with Crippen molar-refractivity contribution >= 4 is 0 Å². The van der Waals surface area contributed by atoms with Crippen molar-refractivity contribution < 1.29 is 4.74 Å². The lowest BCUT2D eigenvalue weighted by Gasteiger charge is -2.04. The number of hydrogen-bond donors (Lipinski definition) is 1. The van der Waals surface area contributed by atoms with Crippen molar-refractivity contribution in [1.82, 2.24) is 14.9 Å². The number of methoxy groups -OCH3 is 1. The minimum Gasteiger partial charge on any atom is -0.383 e. The molecule has 80 valence electrons. The van der Waals surface area contributed by atoms with Crippen LogP contribution in [0.4, 0.5) is 0 Å². The summed E-state index contributed by atoms with van der Waals surface area (Å²) in [5.41, 5.74) is 1.08. The maximum Gasteiger partial charge on any atom is 0.0950 e. The summed E-state index contributed by atoms with van der Waals surface area (Å²) in [6.07, 6.45) is 3.89. The number of imidazole rings is 1. The molecule has 0 fully saturated rings. The van der Waals surface area contributed by atoms with E-state index in [0.717, 1.165) is 25.4 Å². The molecule has 0 unspecified atom stereocenters. The van der Waals surface area contributed by atoms with Crippen molar-refractivity contribution in [2.24, 2.45) is 0 Å². The number of aromatic nitrogens is 2. The van der Waals surface area contributed by atoms with E-state index in [0.29, 0.717) is 6.04 Å². The van der Waals surface area contributed by atoms with E-state index in [2.05, 4.69) is 30.3 Å². The van der Waals surface area contributed by atoms with Crippen molar-refractivity contribution in [2.75, 3.05) is 13.7 Å². The van der Waals surface area contributed by atoms with Gasteiger partial charge in [-0.05, 0) is 0 Å². The van der Waals surface area contributed by atoms with Gasteiger partial charge in [-0.25, -0.2) is 4.98 Å². The van der Waals surface area contributed by atoms with Gasteiger partial charge in [0, 0.05) is 32.4 Å². The van der Waals surface area contributed by atoms with Gasteiger partial charge in [-0.2, -0.15) is 0 Å². The molecule has 0 atom stereocenters. The molecule has 0 saturated heterocycles. The summed E-state index contributed by atoms with van der Waals surface area (Å²) in [4.78, 5) is 4.29. The second-order valence-corrected chi connectivity index (χ2v) is 3.63. The molecule has 0 spiro atoms. The fourth-order valence-corrected chi connectivity index (χ4v) is 1.13. The van der Waals surface area contributed by atoms with E-state index < -0.39 is 0 Å². The summed E-state index contributed by atoms with van der Waals surface area (Å²) in [7, 11) is 1.71. The molecule has 0 radical (unpaired) electrons. The first-order valence-electron chi connectivity index (χ1n) is 4.95. The molecule has 0 aromatic carbocycles. The zero-order valence-electron chi connectivity index (χ0n) is 9.16. The monoisotopic (exact) mass is 197 g/mol. The van der Waals surface area contributed by atoms with Crippen LogP contribution in [-0.2, 0) is 17.8 Å². The van der Waals surface area contributed by atoms with Crippen LogP contribution in [0.1, 0.15) is 19.5 Å². The average Bonchev–Trinajstić information content (AvgIpc) is 2.59. The minimum atomic E-state index is 0.499. The highest BCUT2D eigenvalue weighted by Gasteiger charge is 1.99. The summed E-state index contributed by atoms with van der Waals surface area (Å²) in [6.45, 7) is 6.68. The van der Waals surface area contributed by atoms with Crippen LogP contribution in [0.3, 0.4) is 0 Å². The minimum absolute atomic E-state index is 0.499. The van der Waals surface area contributed by atoms with Crippen LogP contribution in [0.25, 0.3) is 0 Å². The molecule has 4 nitrogen and oxygen atoms in total. The number of ether oxygens (including phenoxy) is 1. The quantitative estimate of drug-likeness (QED) is 0.740. The first kappa shape index (κ1) is 11.2. The number of nitrogens with one attached hydrogen (secondary N) is 1. The molecule has 1 aromatic heterocycles. The molecular weight excluding hydrogens is 178 g/mol. The van der Waals surface area contributed by atoms with Crippen LogP contribution in [-0.4, -0.2) is 29.3 Å². The maximum absolute atomic E-state index is 4.99.